The van der Waals surface area contributed by atoms with Crippen molar-refractivity contribution in [3.8, 4) is 0 Å². The van der Waals surface area contributed by atoms with Gasteiger partial charge in [0.15, 0.2) is 0 Å². The number of hydrogen-bond acceptors (Lipinski definition) is 2. The number of carbonyl (C=O) groups excluding carboxylic acids is 1. The van der Waals surface area contributed by atoms with Crippen LogP contribution in [0, 0.1) is 0 Å². The molecule has 0 bridgehead atoms. The number of nitrogens with one attached hydrogen (secondary N) is 1. The molecular weight excluding hydrogens is 276 g/mol. The summed E-state index contributed by atoms with van der Waals surface area (Å²) in [6.07, 6.45) is 0.809. The average Bonchev–Trinajstić information content (AvgIpc) is 2.57. The van der Waals surface area contributed by atoms with E-state index in [1.54, 1.807) is 0 Å². The predicted molar refractivity (Wildman–Crippen MR) is 86.9 cm³/mol. The zero-order valence-corrected chi connectivity index (χ0v) is 12.4. The lowest BCUT2D eigenvalue weighted by Gasteiger charge is -2.35. The smallest absolute Gasteiger partial charge is 0.322 e. The third-order valence-corrected chi connectivity index (χ3v) is 3.83. The van der Waals surface area contributed by atoms with Gasteiger partial charge in [-0.25, -0.2) is 4.79 Å². The number of rotatable bonds is 3. The van der Waals surface area contributed by atoms with Crippen LogP contribution in [0.25, 0.3) is 0 Å². The topological polar surface area (TPSA) is 41.6 Å². The van der Waals surface area contributed by atoms with Crippen LogP contribution in [0.4, 0.5) is 10.5 Å². The first kappa shape index (κ1) is 14.6. The largest absolute Gasteiger partial charge is 0.377 e. The van der Waals surface area contributed by atoms with E-state index in [0.29, 0.717) is 19.8 Å². The first-order chi connectivity index (χ1) is 10.8. The minimum absolute atomic E-state index is 0.0598. The van der Waals surface area contributed by atoms with Gasteiger partial charge in [-0.15, -0.1) is 0 Å². The number of anilines is 1. The van der Waals surface area contributed by atoms with Gasteiger partial charge in [0.25, 0.3) is 0 Å². The Morgan fingerprint density at radius 2 is 1.77 bits per heavy atom. The number of urea groups is 1. The molecule has 1 atom stereocenters. The van der Waals surface area contributed by atoms with Gasteiger partial charge in [-0.1, -0.05) is 48.5 Å². The maximum absolute atomic E-state index is 12.5. The number of hydrogen-bond donors (Lipinski definition) is 1. The fourth-order valence-electron chi connectivity index (χ4n) is 2.69. The number of morpholine rings is 1. The summed E-state index contributed by atoms with van der Waals surface area (Å²) in [6.45, 7) is 1.79. The number of amides is 2. The molecule has 22 heavy (non-hydrogen) atoms. The molecule has 0 radical (unpaired) electrons. The molecule has 1 fully saturated rings. The van der Waals surface area contributed by atoms with Gasteiger partial charge >= 0.3 is 6.03 Å². The minimum Gasteiger partial charge on any atom is -0.377 e. The molecule has 1 saturated heterocycles. The van der Waals surface area contributed by atoms with Crippen molar-refractivity contribution in [2.24, 2.45) is 0 Å². The highest BCUT2D eigenvalue weighted by Gasteiger charge is 2.27. The van der Waals surface area contributed by atoms with Gasteiger partial charge in [-0.3, -0.25) is 0 Å². The van der Waals surface area contributed by atoms with Gasteiger partial charge in [-0.05, 0) is 24.1 Å². The first-order valence-electron chi connectivity index (χ1n) is 7.57. The van der Waals surface area contributed by atoms with Crippen molar-refractivity contribution in [1.29, 1.82) is 0 Å². The van der Waals surface area contributed by atoms with Crippen LogP contribution in [0.2, 0.25) is 0 Å². The van der Waals surface area contributed by atoms with Gasteiger partial charge in [0.1, 0.15) is 0 Å². The minimum atomic E-state index is -0.0598. The lowest BCUT2D eigenvalue weighted by atomic mass is 10.0. The average molecular weight is 296 g/mol. The van der Waals surface area contributed by atoms with E-state index in [4.69, 9.17) is 4.74 Å². The van der Waals surface area contributed by atoms with Gasteiger partial charge in [0.2, 0.25) is 0 Å². The van der Waals surface area contributed by atoms with Crippen molar-refractivity contribution < 1.29 is 9.53 Å². The number of para-hydroxylation sites is 1. The van der Waals surface area contributed by atoms with Crippen LogP contribution in [0.1, 0.15) is 5.56 Å². The van der Waals surface area contributed by atoms with E-state index in [9.17, 15) is 4.79 Å². The fraction of sp³-hybridized carbons (Fsp3) is 0.278. The SMILES string of the molecule is O=C(Nc1ccccc1)N1CCOCC1Cc1ccccc1. The molecule has 2 aromatic rings. The summed E-state index contributed by atoms with van der Waals surface area (Å²) in [4.78, 5) is 14.4. The van der Waals surface area contributed by atoms with Crippen LogP contribution >= 0.6 is 0 Å². The van der Waals surface area contributed by atoms with Gasteiger partial charge < -0.3 is 15.0 Å². The van der Waals surface area contributed by atoms with Crippen molar-refractivity contribution in [3.05, 3.63) is 66.2 Å². The molecule has 0 spiro atoms. The fourth-order valence-corrected chi connectivity index (χ4v) is 2.69. The monoisotopic (exact) mass is 296 g/mol. The number of carbonyl (C=O) groups is 1. The standard InChI is InChI=1S/C18H20N2O2/c21-18(19-16-9-5-2-6-10-16)20-11-12-22-14-17(20)13-15-7-3-1-4-8-15/h1-10,17H,11-14H2,(H,19,21). The number of benzene rings is 2. The maximum atomic E-state index is 12.5. The van der Waals surface area contributed by atoms with Gasteiger partial charge in [-0.2, -0.15) is 0 Å². The van der Waals surface area contributed by atoms with Crippen molar-refractivity contribution in [1.82, 2.24) is 4.90 Å². The zero-order chi connectivity index (χ0) is 15.2. The molecule has 1 heterocycles. The Hall–Kier alpha value is -2.33. The van der Waals surface area contributed by atoms with E-state index in [1.165, 1.54) is 5.56 Å². The normalized spacial score (nSPS) is 18.0. The highest BCUT2D eigenvalue weighted by molar-refractivity contribution is 5.89. The molecule has 114 valence electrons. The third-order valence-electron chi connectivity index (χ3n) is 3.83. The first-order valence-corrected chi connectivity index (χ1v) is 7.57. The highest BCUT2D eigenvalue weighted by Crippen LogP contribution is 2.15. The van der Waals surface area contributed by atoms with Crippen LogP contribution in [0.3, 0.4) is 0 Å². The molecule has 4 heteroatoms. The lowest BCUT2D eigenvalue weighted by molar-refractivity contribution is 0.0158. The molecule has 0 saturated carbocycles. The molecule has 1 aliphatic heterocycles. The zero-order valence-electron chi connectivity index (χ0n) is 12.4. The summed E-state index contributed by atoms with van der Waals surface area (Å²) < 4.78 is 5.56. The van der Waals surface area contributed by atoms with Crippen LogP contribution in [-0.2, 0) is 11.2 Å². The Morgan fingerprint density at radius 1 is 1.09 bits per heavy atom. The van der Waals surface area contributed by atoms with Crippen molar-refractivity contribution in [3.63, 3.8) is 0 Å². The summed E-state index contributed by atoms with van der Waals surface area (Å²) >= 11 is 0. The molecule has 1 aliphatic rings. The molecule has 2 aromatic carbocycles. The summed E-state index contributed by atoms with van der Waals surface area (Å²) in [6, 6.07) is 19.8. The second-order valence-corrected chi connectivity index (χ2v) is 5.41. The highest BCUT2D eigenvalue weighted by atomic mass is 16.5. The summed E-state index contributed by atoms with van der Waals surface area (Å²) in [5.74, 6) is 0. The molecule has 1 unspecified atom stereocenters. The third kappa shape index (κ3) is 3.65. The van der Waals surface area contributed by atoms with Crippen molar-refractivity contribution in [2.75, 3.05) is 25.1 Å². The quantitative estimate of drug-likeness (QED) is 0.945. The van der Waals surface area contributed by atoms with E-state index in [0.717, 1.165) is 12.1 Å². The molecule has 2 amide bonds. The second-order valence-electron chi connectivity index (χ2n) is 5.41. The molecule has 4 nitrogen and oxygen atoms in total. The van der Waals surface area contributed by atoms with Crippen LogP contribution in [0.15, 0.2) is 60.7 Å². The Balaban J connectivity index is 1.68. The molecule has 1 N–H and O–H groups in total. The lowest BCUT2D eigenvalue weighted by Crippen LogP contribution is -2.51. The molecule has 3 rings (SSSR count). The molecular formula is C18H20N2O2. The van der Waals surface area contributed by atoms with E-state index in [1.807, 2.05) is 53.4 Å². The Bertz CT molecular complexity index is 601. The number of ether oxygens (including phenoxy) is 1. The van der Waals surface area contributed by atoms with E-state index in [-0.39, 0.29) is 12.1 Å². The molecule has 0 aliphatic carbocycles. The summed E-state index contributed by atoms with van der Waals surface area (Å²) in [5, 5.41) is 2.96. The predicted octanol–water partition coefficient (Wildman–Crippen LogP) is 3.16. The maximum Gasteiger partial charge on any atom is 0.322 e. The van der Waals surface area contributed by atoms with E-state index in [2.05, 4.69) is 17.4 Å². The Morgan fingerprint density at radius 3 is 2.50 bits per heavy atom. The van der Waals surface area contributed by atoms with Crippen LogP contribution in [0.5, 0.6) is 0 Å². The number of nitrogens with zero attached hydrogens (tertiary/aromatic N) is 1. The second kappa shape index (κ2) is 7.09. The van der Waals surface area contributed by atoms with Crippen LogP contribution < -0.4 is 5.32 Å². The van der Waals surface area contributed by atoms with Gasteiger partial charge in [0, 0.05) is 12.2 Å². The van der Waals surface area contributed by atoms with Crippen molar-refractivity contribution >= 4 is 11.7 Å². The van der Waals surface area contributed by atoms with Crippen LogP contribution in [-0.4, -0.2) is 36.7 Å². The Kier molecular flexibility index (Phi) is 4.71. The summed E-state index contributed by atoms with van der Waals surface area (Å²) in [7, 11) is 0. The van der Waals surface area contributed by atoms with Gasteiger partial charge in [0.05, 0.1) is 19.3 Å². The van der Waals surface area contributed by atoms with Crippen molar-refractivity contribution in [2.45, 2.75) is 12.5 Å². The summed E-state index contributed by atoms with van der Waals surface area (Å²) in [5.41, 5.74) is 2.04. The molecule has 0 aromatic heterocycles. The van der Waals surface area contributed by atoms with E-state index < -0.39 is 0 Å². The van der Waals surface area contributed by atoms with E-state index >= 15 is 0 Å². The Labute approximate surface area is 130 Å².